The predicted octanol–water partition coefficient (Wildman–Crippen LogP) is 2.09. The summed E-state index contributed by atoms with van der Waals surface area (Å²) in [5, 5.41) is 3.47. The van der Waals surface area contributed by atoms with Crippen LogP contribution >= 0.6 is 0 Å². The molecule has 26 heavy (non-hydrogen) atoms. The summed E-state index contributed by atoms with van der Waals surface area (Å²) in [4.78, 5) is 15.0. The number of carbonyl (C=O) groups is 1. The maximum absolute atomic E-state index is 10.6. The molecule has 1 aromatic heterocycles. The number of pyridine rings is 1. The van der Waals surface area contributed by atoms with Gasteiger partial charge >= 0.3 is 0 Å². The summed E-state index contributed by atoms with van der Waals surface area (Å²) < 4.78 is 11.7. The van der Waals surface area contributed by atoms with Gasteiger partial charge in [0, 0.05) is 23.8 Å². The molecular weight excluding hydrogens is 330 g/mol. The molecule has 1 saturated carbocycles. The summed E-state index contributed by atoms with van der Waals surface area (Å²) in [5.74, 6) is 1.03. The van der Waals surface area contributed by atoms with Crippen LogP contribution in [0.15, 0.2) is 12.3 Å². The molecule has 1 aliphatic heterocycles. The zero-order chi connectivity index (χ0) is 18.4. The Kier molecular flexibility index (Phi) is 7.00. The maximum atomic E-state index is 10.6. The van der Waals surface area contributed by atoms with E-state index in [0.717, 1.165) is 56.9 Å². The van der Waals surface area contributed by atoms with Crippen molar-refractivity contribution in [3.05, 3.63) is 23.4 Å². The summed E-state index contributed by atoms with van der Waals surface area (Å²) >= 11 is 0. The van der Waals surface area contributed by atoms with Gasteiger partial charge in [0.2, 0.25) is 5.88 Å². The van der Waals surface area contributed by atoms with Crippen molar-refractivity contribution in [1.82, 2.24) is 10.3 Å². The van der Waals surface area contributed by atoms with E-state index in [4.69, 9.17) is 15.2 Å². The zero-order valence-electron chi connectivity index (χ0n) is 15.7. The van der Waals surface area contributed by atoms with Gasteiger partial charge in [0.25, 0.3) is 0 Å². The Labute approximate surface area is 155 Å². The Bertz CT molecular complexity index is 588. The van der Waals surface area contributed by atoms with E-state index in [-0.39, 0.29) is 18.7 Å². The van der Waals surface area contributed by atoms with Crippen LogP contribution in [0.25, 0.3) is 0 Å². The molecule has 144 valence electrons. The van der Waals surface area contributed by atoms with Crippen LogP contribution in [0.3, 0.4) is 0 Å². The quantitative estimate of drug-likeness (QED) is 0.723. The van der Waals surface area contributed by atoms with Crippen molar-refractivity contribution in [1.29, 1.82) is 0 Å². The van der Waals surface area contributed by atoms with Gasteiger partial charge in [0.05, 0.1) is 12.7 Å². The number of hydrogen-bond acceptors (Lipinski definition) is 6. The highest BCUT2D eigenvalue weighted by Crippen LogP contribution is 2.39. The molecule has 2 heterocycles. The van der Waals surface area contributed by atoms with E-state index in [0.29, 0.717) is 24.5 Å². The second kappa shape index (κ2) is 9.44. The number of rotatable bonds is 7. The van der Waals surface area contributed by atoms with Crippen LogP contribution in [0, 0.1) is 6.92 Å². The SMILES string of the molecule is Cc1ccnc(OCC=O)c1C1CCC(OC[C@@H]2NCCC[C@@H]2N)CC1. The number of nitrogens with two attached hydrogens (primary N) is 1. The Morgan fingerprint density at radius 1 is 1.31 bits per heavy atom. The molecule has 6 nitrogen and oxygen atoms in total. The minimum atomic E-state index is 0.0521. The Hall–Kier alpha value is -1.50. The highest BCUT2D eigenvalue weighted by molar-refractivity contribution is 5.51. The topological polar surface area (TPSA) is 86.5 Å². The molecule has 0 unspecified atom stereocenters. The molecule has 0 spiro atoms. The fraction of sp³-hybridized carbons (Fsp3) is 0.700. The lowest BCUT2D eigenvalue weighted by molar-refractivity contribution is -0.109. The normalized spacial score (nSPS) is 29.3. The highest BCUT2D eigenvalue weighted by atomic mass is 16.5. The van der Waals surface area contributed by atoms with Crippen molar-refractivity contribution in [2.24, 2.45) is 5.73 Å². The lowest BCUT2D eigenvalue weighted by Crippen LogP contribution is -2.52. The van der Waals surface area contributed by atoms with Gasteiger partial charge in [-0.05, 0) is 69.5 Å². The van der Waals surface area contributed by atoms with Gasteiger partial charge in [-0.15, -0.1) is 0 Å². The van der Waals surface area contributed by atoms with Crippen LogP contribution in [0.1, 0.15) is 55.6 Å². The minimum absolute atomic E-state index is 0.0521. The second-order valence-electron chi connectivity index (χ2n) is 7.50. The summed E-state index contributed by atoms with van der Waals surface area (Å²) in [6, 6.07) is 2.50. The standard InChI is InChI=1S/C20H31N3O3/c1-14-8-10-23-20(25-12-11-24)19(14)15-4-6-16(7-5-15)26-13-18-17(21)3-2-9-22-18/h8,10-11,15-18,22H,2-7,9,12-13,21H2,1H3/t15?,16?,17-,18-/m0/s1. The van der Waals surface area contributed by atoms with Crippen molar-refractivity contribution in [2.75, 3.05) is 19.8 Å². The van der Waals surface area contributed by atoms with Gasteiger partial charge in [-0.25, -0.2) is 4.98 Å². The number of aryl methyl sites for hydroxylation is 1. The van der Waals surface area contributed by atoms with E-state index in [1.165, 1.54) is 5.56 Å². The fourth-order valence-corrected chi connectivity index (χ4v) is 4.19. The first-order valence-electron chi connectivity index (χ1n) is 9.81. The molecule has 1 aliphatic carbocycles. The zero-order valence-corrected chi connectivity index (χ0v) is 15.7. The Balaban J connectivity index is 1.53. The van der Waals surface area contributed by atoms with Crippen molar-refractivity contribution in [3.63, 3.8) is 0 Å². The number of carbonyl (C=O) groups excluding carboxylic acids is 1. The summed E-state index contributed by atoms with van der Waals surface area (Å²) in [6.07, 6.45) is 9.23. The highest BCUT2D eigenvalue weighted by Gasteiger charge is 2.28. The predicted molar refractivity (Wildman–Crippen MR) is 100 cm³/mol. The number of ether oxygens (including phenoxy) is 2. The van der Waals surface area contributed by atoms with Crippen LogP contribution in [0.4, 0.5) is 0 Å². The van der Waals surface area contributed by atoms with Crippen LogP contribution in [-0.2, 0) is 9.53 Å². The smallest absolute Gasteiger partial charge is 0.217 e. The first-order valence-corrected chi connectivity index (χ1v) is 9.81. The molecule has 0 amide bonds. The third-order valence-corrected chi connectivity index (χ3v) is 5.69. The third-order valence-electron chi connectivity index (χ3n) is 5.69. The van der Waals surface area contributed by atoms with E-state index < -0.39 is 0 Å². The lowest BCUT2D eigenvalue weighted by Gasteiger charge is -2.34. The van der Waals surface area contributed by atoms with Crippen molar-refractivity contribution in [3.8, 4) is 5.88 Å². The summed E-state index contributed by atoms with van der Waals surface area (Å²) in [5.41, 5.74) is 8.52. The Morgan fingerprint density at radius 3 is 2.85 bits per heavy atom. The Morgan fingerprint density at radius 2 is 2.12 bits per heavy atom. The largest absolute Gasteiger partial charge is 0.470 e. The number of nitrogens with one attached hydrogen (secondary N) is 1. The molecule has 3 rings (SSSR count). The molecule has 1 aromatic rings. The number of aldehydes is 1. The van der Waals surface area contributed by atoms with Gasteiger partial charge in [-0.1, -0.05) is 0 Å². The van der Waals surface area contributed by atoms with Crippen LogP contribution in [0.5, 0.6) is 5.88 Å². The summed E-state index contributed by atoms with van der Waals surface area (Å²) in [6.45, 7) is 3.88. The lowest BCUT2D eigenvalue weighted by atomic mass is 9.81. The first kappa shape index (κ1) is 19.3. The van der Waals surface area contributed by atoms with Gasteiger partial charge in [-0.2, -0.15) is 0 Å². The number of hydrogen-bond donors (Lipinski definition) is 2. The maximum Gasteiger partial charge on any atom is 0.217 e. The molecule has 1 saturated heterocycles. The van der Waals surface area contributed by atoms with Crippen LogP contribution < -0.4 is 15.8 Å². The average Bonchev–Trinajstić information content (AvgIpc) is 2.66. The number of aromatic nitrogens is 1. The van der Waals surface area contributed by atoms with Crippen molar-refractivity contribution < 1.29 is 14.3 Å². The number of piperidine rings is 1. The second-order valence-corrected chi connectivity index (χ2v) is 7.50. The molecule has 2 atom stereocenters. The van der Waals surface area contributed by atoms with E-state index in [2.05, 4.69) is 17.2 Å². The fourth-order valence-electron chi connectivity index (χ4n) is 4.19. The molecule has 3 N–H and O–H groups in total. The number of nitrogens with zero attached hydrogens (tertiary/aromatic N) is 1. The van der Waals surface area contributed by atoms with Gasteiger partial charge < -0.3 is 20.5 Å². The van der Waals surface area contributed by atoms with Crippen molar-refractivity contribution >= 4 is 6.29 Å². The van der Waals surface area contributed by atoms with E-state index in [9.17, 15) is 4.79 Å². The monoisotopic (exact) mass is 361 g/mol. The van der Waals surface area contributed by atoms with E-state index >= 15 is 0 Å². The molecular formula is C20H31N3O3. The van der Waals surface area contributed by atoms with Crippen LogP contribution in [-0.4, -0.2) is 49.2 Å². The van der Waals surface area contributed by atoms with E-state index in [1.807, 2.05) is 6.07 Å². The molecule has 2 aliphatic rings. The molecule has 0 bridgehead atoms. The molecule has 6 heteroatoms. The van der Waals surface area contributed by atoms with Crippen LogP contribution in [0.2, 0.25) is 0 Å². The average molecular weight is 361 g/mol. The summed E-state index contributed by atoms with van der Waals surface area (Å²) in [7, 11) is 0. The molecule has 0 aromatic carbocycles. The van der Waals surface area contributed by atoms with Gasteiger partial charge in [0.1, 0.15) is 6.61 Å². The van der Waals surface area contributed by atoms with Gasteiger partial charge in [-0.3, -0.25) is 4.79 Å². The van der Waals surface area contributed by atoms with Gasteiger partial charge in [0.15, 0.2) is 6.29 Å². The van der Waals surface area contributed by atoms with Crippen molar-refractivity contribution in [2.45, 2.75) is 69.6 Å². The molecule has 2 fully saturated rings. The first-order chi connectivity index (χ1) is 12.7. The molecule has 0 radical (unpaired) electrons. The third kappa shape index (κ3) is 4.81. The minimum Gasteiger partial charge on any atom is -0.470 e. The van der Waals surface area contributed by atoms with E-state index in [1.54, 1.807) is 6.20 Å².